The van der Waals surface area contributed by atoms with Crippen LogP contribution in [0.4, 0.5) is 0 Å². The van der Waals surface area contributed by atoms with Gasteiger partial charge in [-0.05, 0) is 30.7 Å². The quantitative estimate of drug-likeness (QED) is 0.753. The summed E-state index contributed by atoms with van der Waals surface area (Å²) >= 11 is 0. The highest BCUT2D eigenvalue weighted by atomic mass is 32.2. The molecule has 1 N–H and O–H groups in total. The van der Waals surface area contributed by atoms with Gasteiger partial charge >= 0.3 is 0 Å². The summed E-state index contributed by atoms with van der Waals surface area (Å²) in [6.07, 6.45) is 2.89. The zero-order valence-corrected chi connectivity index (χ0v) is 17.0. The summed E-state index contributed by atoms with van der Waals surface area (Å²) in [5.41, 5.74) is 1.20. The Kier molecular flexibility index (Phi) is 7.65. The van der Waals surface area contributed by atoms with E-state index >= 15 is 0 Å². The molecule has 1 aliphatic heterocycles. The first-order valence-corrected chi connectivity index (χ1v) is 11.3. The standard InChI is InChI=1S/C20H32N2O3S/c1-4-14-26(24,25)22-13-9-8-12-19(22)20(23)21-15-18(16(2)3)17-10-6-5-7-11-17/h5-7,10-11,16,18-19H,4,8-9,12-15H2,1-3H3,(H,21,23). The molecule has 1 saturated heterocycles. The normalized spacial score (nSPS) is 20.1. The average Bonchev–Trinajstić information content (AvgIpc) is 2.62. The van der Waals surface area contributed by atoms with E-state index in [9.17, 15) is 13.2 Å². The first-order valence-electron chi connectivity index (χ1n) is 9.69. The first-order chi connectivity index (χ1) is 12.4. The molecule has 0 spiro atoms. The lowest BCUT2D eigenvalue weighted by molar-refractivity contribution is -0.125. The van der Waals surface area contributed by atoms with Crippen molar-refractivity contribution in [2.75, 3.05) is 18.8 Å². The Labute approximate surface area is 158 Å². The maximum Gasteiger partial charge on any atom is 0.238 e. The lowest BCUT2D eigenvalue weighted by Gasteiger charge is -2.34. The zero-order chi connectivity index (χ0) is 19.2. The summed E-state index contributed by atoms with van der Waals surface area (Å²) in [7, 11) is -3.36. The predicted octanol–water partition coefficient (Wildman–Crippen LogP) is 3.14. The van der Waals surface area contributed by atoms with Crippen LogP contribution in [0.25, 0.3) is 0 Å². The number of rotatable bonds is 8. The molecule has 1 aromatic carbocycles. The molecule has 0 bridgehead atoms. The molecule has 0 aliphatic carbocycles. The van der Waals surface area contributed by atoms with Crippen molar-refractivity contribution in [1.29, 1.82) is 0 Å². The topological polar surface area (TPSA) is 66.5 Å². The van der Waals surface area contributed by atoms with Gasteiger partial charge < -0.3 is 5.32 Å². The van der Waals surface area contributed by atoms with Crippen LogP contribution in [-0.4, -0.2) is 43.5 Å². The first kappa shape index (κ1) is 20.9. The second kappa shape index (κ2) is 9.51. The minimum absolute atomic E-state index is 0.107. The van der Waals surface area contributed by atoms with Crippen LogP contribution < -0.4 is 5.32 Å². The molecule has 0 radical (unpaired) electrons. The molecule has 1 fully saturated rings. The van der Waals surface area contributed by atoms with Gasteiger partial charge in [-0.3, -0.25) is 4.79 Å². The van der Waals surface area contributed by atoms with E-state index in [0.29, 0.717) is 31.8 Å². The number of hydrogen-bond donors (Lipinski definition) is 1. The van der Waals surface area contributed by atoms with Gasteiger partial charge in [0.2, 0.25) is 15.9 Å². The van der Waals surface area contributed by atoms with E-state index in [1.165, 1.54) is 9.87 Å². The van der Waals surface area contributed by atoms with Crippen molar-refractivity contribution in [2.24, 2.45) is 5.92 Å². The fourth-order valence-electron chi connectivity index (χ4n) is 3.64. The van der Waals surface area contributed by atoms with E-state index in [2.05, 4.69) is 31.3 Å². The molecule has 1 aromatic rings. The van der Waals surface area contributed by atoms with E-state index in [1.807, 2.05) is 25.1 Å². The fraction of sp³-hybridized carbons (Fsp3) is 0.650. The van der Waals surface area contributed by atoms with Crippen LogP contribution in [0.1, 0.15) is 57.9 Å². The van der Waals surface area contributed by atoms with E-state index < -0.39 is 16.1 Å². The molecule has 2 unspecified atom stereocenters. The van der Waals surface area contributed by atoms with Crippen molar-refractivity contribution in [2.45, 2.75) is 58.4 Å². The maximum absolute atomic E-state index is 12.8. The minimum atomic E-state index is -3.36. The van der Waals surface area contributed by atoms with Crippen LogP contribution in [0.2, 0.25) is 0 Å². The molecule has 0 saturated carbocycles. The molecular formula is C20H32N2O3S. The van der Waals surface area contributed by atoms with Crippen LogP contribution in [0.3, 0.4) is 0 Å². The van der Waals surface area contributed by atoms with Crippen LogP contribution in [0, 0.1) is 5.92 Å². The monoisotopic (exact) mass is 380 g/mol. The highest BCUT2D eigenvalue weighted by Crippen LogP contribution is 2.25. The summed E-state index contributed by atoms with van der Waals surface area (Å²) in [6, 6.07) is 9.59. The maximum atomic E-state index is 12.8. The summed E-state index contributed by atoms with van der Waals surface area (Å²) in [5, 5.41) is 3.03. The van der Waals surface area contributed by atoms with Crippen molar-refractivity contribution in [3.8, 4) is 0 Å². The predicted molar refractivity (Wildman–Crippen MR) is 105 cm³/mol. The number of sulfonamides is 1. The Balaban J connectivity index is 2.07. The van der Waals surface area contributed by atoms with Crippen molar-refractivity contribution in [3.05, 3.63) is 35.9 Å². The Morgan fingerprint density at radius 3 is 2.54 bits per heavy atom. The molecule has 6 heteroatoms. The highest BCUT2D eigenvalue weighted by molar-refractivity contribution is 7.89. The fourth-order valence-corrected chi connectivity index (χ4v) is 5.39. The second-order valence-electron chi connectivity index (χ2n) is 7.44. The molecular weight excluding hydrogens is 348 g/mol. The van der Waals surface area contributed by atoms with Crippen molar-refractivity contribution >= 4 is 15.9 Å². The Morgan fingerprint density at radius 1 is 1.23 bits per heavy atom. The number of nitrogens with one attached hydrogen (secondary N) is 1. The van der Waals surface area contributed by atoms with Gasteiger partial charge in [0.25, 0.3) is 0 Å². The van der Waals surface area contributed by atoms with E-state index in [4.69, 9.17) is 0 Å². The Morgan fingerprint density at radius 2 is 1.92 bits per heavy atom. The van der Waals surface area contributed by atoms with Crippen molar-refractivity contribution in [3.63, 3.8) is 0 Å². The molecule has 146 valence electrons. The molecule has 1 amide bonds. The lowest BCUT2D eigenvalue weighted by Crippen LogP contribution is -2.53. The van der Waals surface area contributed by atoms with Gasteiger partial charge in [-0.2, -0.15) is 4.31 Å². The highest BCUT2D eigenvalue weighted by Gasteiger charge is 2.36. The summed E-state index contributed by atoms with van der Waals surface area (Å²) in [4.78, 5) is 12.8. The van der Waals surface area contributed by atoms with E-state index in [0.717, 1.165) is 12.8 Å². The molecule has 2 rings (SSSR count). The van der Waals surface area contributed by atoms with Crippen LogP contribution in [0.5, 0.6) is 0 Å². The largest absolute Gasteiger partial charge is 0.354 e. The van der Waals surface area contributed by atoms with Crippen molar-refractivity contribution in [1.82, 2.24) is 9.62 Å². The SMILES string of the molecule is CCCS(=O)(=O)N1CCCCC1C(=O)NCC(c1ccccc1)C(C)C. The van der Waals surface area contributed by atoms with Gasteiger partial charge in [-0.25, -0.2) is 8.42 Å². The summed E-state index contributed by atoms with van der Waals surface area (Å²) in [6.45, 7) is 7.11. The van der Waals surface area contributed by atoms with Crippen LogP contribution in [0.15, 0.2) is 30.3 Å². The van der Waals surface area contributed by atoms with Gasteiger partial charge in [-0.1, -0.05) is 57.5 Å². The van der Waals surface area contributed by atoms with Gasteiger partial charge in [0.05, 0.1) is 5.75 Å². The molecule has 5 nitrogen and oxygen atoms in total. The summed E-state index contributed by atoms with van der Waals surface area (Å²) < 4.78 is 26.5. The number of benzene rings is 1. The van der Waals surface area contributed by atoms with Crippen LogP contribution in [-0.2, 0) is 14.8 Å². The van der Waals surface area contributed by atoms with Gasteiger partial charge in [0.1, 0.15) is 6.04 Å². The summed E-state index contributed by atoms with van der Waals surface area (Å²) in [5.74, 6) is 0.537. The Hall–Kier alpha value is -1.40. The zero-order valence-electron chi connectivity index (χ0n) is 16.1. The Bertz CT molecular complexity index is 674. The third kappa shape index (κ3) is 5.30. The number of nitrogens with zero attached hydrogens (tertiary/aromatic N) is 1. The number of carbonyl (C=O) groups is 1. The molecule has 1 aliphatic rings. The second-order valence-corrected chi connectivity index (χ2v) is 9.49. The third-order valence-electron chi connectivity index (χ3n) is 5.10. The molecule has 26 heavy (non-hydrogen) atoms. The third-order valence-corrected chi connectivity index (χ3v) is 7.18. The number of piperidine rings is 1. The molecule has 1 heterocycles. The average molecular weight is 381 g/mol. The number of amides is 1. The van der Waals surface area contributed by atoms with Crippen LogP contribution >= 0.6 is 0 Å². The number of carbonyl (C=O) groups excluding carboxylic acids is 1. The smallest absolute Gasteiger partial charge is 0.238 e. The van der Waals surface area contributed by atoms with E-state index in [1.54, 1.807) is 0 Å². The number of hydrogen-bond acceptors (Lipinski definition) is 3. The van der Waals surface area contributed by atoms with E-state index in [-0.39, 0.29) is 17.6 Å². The van der Waals surface area contributed by atoms with Gasteiger partial charge in [0, 0.05) is 19.0 Å². The molecule has 0 aromatic heterocycles. The molecule has 2 atom stereocenters. The lowest BCUT2D eigenvalue weighted by atomic mass is 9.88. The van der Waals surface area contributed by atoms with Gasteiger partial charge in [-0.15, -0.1) is 0 Å². The van der Waals surface area contributed by atoms with Gasteiger partial charge in [0.15, 0.2) is 0 Å². The minimum Gasteiger partial charge on any atom is -0.354 e. The van der Waals surface area contributed by atoms with Crippen molar-refractivity contribution < 1.29 is 13.2 Å².